The van der Waals surface area contributed by atoms with Gasteiger partial charge in [-0.15, -0.1) is 0 Å². The van der Waals surface area contributed by atoms with Gasteiger partial charge in [0.25, 0.3) is 0 Å². The van der Waals surface area contributed by atoms with E-state index in [1.165, 1.54) is 0 Å². The molecule has 3 rings (SSSR count). The fourth-order valence-corrected chi connectivity index (χ4v) is 5.63. The number of benzene rings is 3. The Morgan fingerprint density at radius 3 is 1.05 bits per heavy atom. The minimum Gasteiger partial charge on any atom is -0.233 e. The first-order chi connectivity index (χ1) is 10.4. The maximum absolute atomic E-state index is 12.2. The first-order valence-electron chi connectivity index (χ1n) is 6.83. The molecule has 1 nitrogen and oxygen atoms in total. The molecule has 0 atom stereocenters. The molecule has 0 aliphatic heterocycles. The van der Waals surface area contributed by atoms with Crippen molar-refractivity contribution >= 4 is 28.5 Å². The lowest BCUT2D eigenvalue weighted by molar-refractivity contribution is 0.571. The van der Waals surface area contributed by atoms with Gasteiger partial charge in [0.05, 0.1) is 6.89 Å². The summed E-state index contributed by atoms with van der Waals surface area (Å²) in [6.45, 7) is -2.34. The lowest BCUT2D eigenvalue weighted by Gasteiger charge is -2.23. The zero-order valence-electron chi connectivity index (χ0n) is 11.5. The van der Waals surface area contributed by atoms with Crippen molar-refractivity contribution in [3.8, 4) is 0 Å². The molecule has 21 heavy (non-hydrogen) atoms. The Hall–Kier alpha value is -2.33. The van der Waals surface area contributed by atoms with Crippen LogP contribution in [0.2, 0.25) is 0 Å². The summed E-state index contributed by atoms with van der Waals surface area (Å²) in [6, 6.07) is 29.9. The maximum Gasteiger partial charge on any atom is 0.128 e. The predicted octanol–water partition coefficient (Wildman–Crippen LogP) is 3.05. The van der Waals surface area contributed by atoms with E-state index in [-0.39, 0.29) is 0 Å². The average molecular weight is 290 g/mol. The number of hydrogen-bond acceptors (Lipinski definition) is 1. The van der Waals surface area contributed by atoms with Crippen molar-refractivity contribution in [3.05, 3.63) is 91.0 Å². The molecule has 0 aromatic heterocycles. The van der Waals surface area contributed by atoms with Gasteiger partial charge < -0.3 is 0 Å². The van der Waals surface area contributed by atoms with Crippen molar-refractivity contribution in [2.75, 3.05) is 0 Å². The van der Waals surface area contributed by atoms with Crippen molar-refractivity contribution in [1.29, 1.82) is 0 Å². The van der Waals surface area contributed by atoms with Crippen LogP contribution in [-0.2, 0) is 4.79 Å². The standard InChI is InChI=1S/C19H15OP/c20-16-21(17-10-4-1-5-11-17,18-12-6-2-7-13-18)19-14-8-3-9-15-19/h1-15H. The van der Waals surface area contributed by atoms with Crippen LogP contribution in [0.4, 0.5) is 0 Å². The SMILES string of the molecule is O=C=P(c1ccccc1)(c1ccccc1)c1ccccc1. The summed E-state index contributed by atoms with van der Waals surface area (Å²) in [5.74, 6) is 0. The second kappa shape index (κ2) is 5.97. The van der Waals surface area contributed by atoms with Crippen LogP contribution in [0.5, 0.6) is 0 Å². The van der Waals surface area contributed by atoms with Gasteiger partial charge in [0.1, 0.15) is 5.66 Å². The van der Waals surface area contributed by atoms with Crippen LogP contribution in [0.15, 0.2) is 91.0 Å². The molecule has 0 N–H and O–H groups in total. The highest BCUT2D eigenvalue weighted by Gasteiger charge is 2.26. The lowest BCUT2D eigenvalue weighted by atomic mass is 10.4. The van der Waals surface area contributed by atoms with Crippen molar-refractivity contribution in [2.45, 2.75) is 0 Å². The zero-order valence-corrected chi connectivity index (χ0v) is 12.4. The topological polar surface area (TPSA) is 17.1 Å². The molecule has 3 aromatic rings. The zero-order chi connectivity index (χ0) is 14.5. The molecule has 0 heterocycles. The van der Waals surface area contributed by atoms with Gasteiger partial charge in [-0.2, -0.15) is 0 Å². The van der Waals surface area contributed by atoms with Crippen LogP contribution >= 0.6 is 6.89 Å². The second-order valence-electron chi connectivity index (χ2n) is 4.77. The van der Waals surface area contributed by atoms with E-state index < -0.39 is 6.89 Å². The molecule has 2 heteroatoms. The van der Waals surface area contributed by atoms with Crippen molar-refractivity contribution in [3.63, 3.8) is 0 Å². The first kappa shape index (κ1) is 13.6. The number of carbonyl (C=O) groups excluding carboxylic acids is 1. The fraction of sp³-hybridized carbons (Fsp3) is 0. The highest BCUT2D eigenvalue weighted by molar-refractivity contribution is 7.93. The van der Waals surface area contributed by atoms with Crippen LogP contribution < -0.4 is 15.9 Å². The van der Waals surface area contributed by atoms with Gasteiger partial charge in [-0.3, -0.25) is 0 Å². The third kappa shape index (κ3) is 2.38. The van der Waals surface area contributed by atoms with Crippen LogP contribution in [-0.4, -0.2) is 5.66 Å². The molecule has 0 unspecified atom stereocenters. The highest BCUT2D eigenvalue weighted by atomic mass is 31.2. The predicted molar refractivity (Wildman–Crippen MR) is 90.8 cm³/mol. The van der Waals surface area contributed by atoms with Crippen molar-refractivity contribution in [2.24, 2.45) is 0 Å². The van der Waals surface area contributed by atoms with Gasteiger partial charge in [0.15, 0.2) is 0 Å². The van der Waals surface area contributed by atoms with Gasteiger partial charge in [0, 0.05) is 0 Å². The van der Waals surface area contributed by atoms with Gasteiger partial charge in [-0.1, -0.05) is 91.0 Å². The molecule has 0 saturated carbocycles. The molecule has 0 spiro atoms. The smallest absolute Gasteiger partial charge is 0.128 e. The Kier molecular flexibility index (Phi) is 3.88. The van der Waals surface area contributed by atoms with E-state index in [1.54, 1.807) is 0 Å². The summed E-state index contributed by atoms with van der Waals surface area (Å²) in [5.41, 5.74) is 2.43. The van der Waals surface area contributed by atoms with Crippen molar-refractivity contribution < 1.29 is 4.79 Å². The minimum absolute atomic E-state index is 1.04. The largest absolute Gasteiger partial charge is 0.233 e. The van der Waals surface area contributed by atoms with E-state index in [1.807, 2.05) is 91.0 Å². The summed E-state index contributed by atoms with van der Waals surface area (Å²) in [4.78, 5) is 12.2. The molecule has 0 saturated heterocycles. The Bertz CT molecular complexity index is 685. The lowest BCUT2D eigenvalue weighted by Crippen LogP contribution is -2.25. The first-order valence-corrected chi connectivity index (χ1v) is 8.62. The van der Waals surface area contributed by atoms with Gasteiger partial charge in [-0.05, 0) is 15.9 Å². The normalized spacial score (nSPS) is 10.9. The molecule has 0 radical (unpaired) electrons. The summed E-state index contributed by atoms with van der Waals surface area (Å²) in [7, 11) is 0. The Labute approximate surface area is 124 Å². The van der Waals surface area contributed by atoms with E-state index in [0.717, 1.165) is 15.9 Å². The van der Waals surface area contributed by atoms with Crippen LogP contribution in [0.25, 0.3) is 0 Å². The van der Waals surface area contributed by atoms with Gasteiger partial charge in [-0.25, -0.2) is 4.79 Å². The Morgan fingerprint density at radius 2 is 0.810 bits per heavy atom. The van der Waals surface area contributed by atoms with Crippen LogP contribution in [0, 0.1) is 0 Å². The molecule has 102 valence electrons. The summed E-state index contributed by atoms with van der Waals surface area (Å²) >= 11 is 0. The third-order valence-electron chi connectivity index (χ3n) is 3.57. The number of rotatable bonds is 3. The summed E-state index contributed by atoms with van der Waals surface area (Å²) < 4.78 is 0. The van der Waals surface area contributed by atoms with Gasteiger partial charge >= 0.3 is 0 Å². The Morgan fingerprint density at radius 1 is 0.524 bits per heavy atom. The van der Waals surface area contributed by atoms with E-state index in [2.05, 4.69) is 5.66 Å². The quantitative estimate of drug-likeness (QED) is 0.678. The molecule has 0 aliphatic rings. The van der Waals surface area contributed by atoms with Gasteiger partial charge in [0.2, 0.25) is 0 Å². The maximum atomic E-state index is 12.2. The second-order valence-corrected chi connectivity index (χ2v) is 7.84. The molecule has 0 amide bonds. The molecule has 3 aromatic carbocycles. The minimum atomic E-state index is -2.34. The monoisotopic (exact) mass is 290 g/mol. The van der Waals surface area contributed by atoms with E-state index >= 15 is 0 Å². The third-order valence-corrected chi connectivity index (χ3v) is 7.06. The summed E-state index contributed by atoms with van der Waals surface area (Å²) in [5, 5.41) is 3.12. The molecular formula is C19H15OP. The number of hydrogen-bond donors (Lipinski definition) is 0. The average Bonchev–Trinajstić information content (AvgIpc) is 2.59. The van der Waals surface area contributed by atoms with E-state index in [0.29, 0.717) is 0 Å². The fourth-order valence-electron chi connectivity index (χ4n) is 2.56. The Balaban J connectivity index is 2.38. The molecular weight excluding hydrogens is 275 g/mol. The molecule has 0 fully saturated rings. The summed E-state index contributed by atoms with van der Waals surface area (Å²) in [6.07, 6.45) is 0. The molecule has 0 bridgehead atoms. The van der Waals surface area contributed by atoms with E-state index in [4.69, 9.17) is 0 Å². The highest BCUT2D eigenvalue weighted by Crippen LogP contribution is 2.42. The van der Waals surface area contributed by atoms with Crippen molar-refractivity contribution in [1.82, 2.24) is 0 Å². The van der Waals surface area contributed by atoms with E-state index in [9.17, 15) is 4.79 Å². The van der Waals surface area contributed by atoms with Crippen LogP contribution in [0.1, 0.15) is 0 Å². The molecule has 0 aliphatic carbocycles. The van der Waals surface area contributed by atoms with Crippen LogP contribution in [0.3, 0.4) is 0 Å².